The Labute approximate surface area is 122 Å². The van der Waals surface area contributed by atoms with Gasteiger partial charge < -0.3 is 15.6 Å². The summed E-state index contributed by atoms with van der Waals surface area (Å²) < 4.78 is 15.9. The average Bonchev–Trinajstić information content (AvgIpc) is 2.92. The number of benzene rings is 1. The second kappa shape index (κ2) is 5.20. The van der Waals surface area contributed by atoms with Gasteiger partial charge in [0.1, 0.15) is 11.5 Å². The standard InChI is InChI=1S/C15H17FN4O/c1-18-15(21)14-13-5-2-9(7-20(13)8-19-14)11-6-10(17)3-4-12(11)16/h3-4,6,8-9H,2,5,7,17H2,1H3,(H,18,21). The van der Waals surface area contributed by atoms with Gasteiger partial charge in [-0.15, -0.1) is 0 Å². The van der Waals surface area contributed by atoms with Gasteiger partial charge in [-0.05, 0) is 36.6 Å². The maximum atomic E-state index is 14.0. The Morgan fingerprint density at radius 2 is 2.33 bits per heavy atom. The van der Waals surface area contributed by atoms with Crippen molar-refractivity contribution in [3.05, 3.63) is 47.3 Å². The molecule has 1 unspecified atom stereocenters. The normalized spacial score (nSPS) is 17.3. The molecule has 110 valence electrons. The quantitative estimate of drug-likeness (QED) is 0.826. The molecule has 1 aromatic heterocycles. The predicted molar refractivity (Wildman–Crippen MR) is 77.5 cm³/mol. The minimum absolute atomic E-state index is 0.0488. The van der Waals surface area contributed by atoms with Crippen LogP contribution in [0.1, 0.15) is 34.1 Å². The summed E-state index contributed by atoms with van der Waals surface area (Å²) in [5, 5.41) is 2.59. The highest BCUT2D eigenvalue weighted by Gasteiger charge is 2.26. The van der Waals surface area contributed by atoms with Crippen molar-refractivity contribution < 1.29 is 9.18 Å². The summed E-state index contributed by atoms with van der Waals surface area (Å²) in [5.41, 5.74) is 8.32. The van der Waals surface area contributed by atoms with Gasteiger partial charge in [-0.1, -0.05) is 0 Å². The lowest BCUT2D eigenvalue weighted by atomic mass is 9.89. The molecule has 0 saturated carbocycles. The molecule has 0 saturated heterocycles. The highest BCUT2D eigenvalue weighted by atomic mass is 19.1. The third-order valence-corrected chi connectivity index (χ3v) is 3.99. The zero-order valence-electron chi connectivity index (χ0n) is 11.8. The van der Waals surface area contributed by atoms with E-state index in [2.05, 4.69) is 10.3 Å². The molecule has 1 aromatic carbocycles. The molecule has 2 heterocycles. The molecule has 21 heavy (non-hydrogen) atoms. The van der Waals surface area contributed by atoms with Crippen molar-refractivity contribution >= 4 is 11.6 Å². The van der Waals surface area contributed by atoms with E-state index in [0.717, 1.165) is 12.1 Å². The Morgan fingerprint density at radius 1 is 1.52 bits per heavy atom. The second-order valence-electron chi connectivity index (χ2n) is 5.29. The molecular weight excluding hydrogens is 271 g/mol. The molecule has 1 amide bonds. The number of halogens is 1. The number of nitrogens with two attached hydrogens (primary N) is 1. The van der Waals surface area contributed by atoms with Gasteiger partial charge in [-0.3, -0.25) is 4.79 Å². The van der Waals surface area contributed by atoms with Gasteiger partial charge in [0.2, 0.25) is 0 Å². The van der Waals surface area contributed by atoms with E-state index in [1.165, 1.54) is 6.07 Å². The third kappa shape index (κ3) is 2.37. The van der Waals surface area contributed by atoms with Crippen molar-refractivity contribution in [3.63, 3.8) is 0 Å². The Hall–Kier alpha value is -2.37. The lowest BCUT2D eigenvalue weighted by Crippen LogP contribution is -2.24. The monoisotopic (exact) mass is 288 g/mol. The Bertz CT molecular complexity index is 695. The molecule has 6 heteroatoms. The highest BCUT2D eigenvalue weighted by Crippen LogP contribution is 2.32. The Kier molecular flexibility index (Phi) is 3.37. The third-order valence-electron chi connectivity index (χ3n) is 3.99. The summed E-state index contributed by atoms with van der Waals surface area (Å²) in [4.78, 5) is 15.9. The first-order valence-corrected chi connectivity index (χ1v) is 6.91. The SMILES string of the molecule is CNC(=O)c1ncn2c1CCC(c1cc(N)ccc1F)C2. The van der Waals surface area contributed by atoms with E-state index >= 15 is 0 Å². The molecular formula is C15H17FN4O. The topological polar surface area (TPSA) is 72.9 Å². The van der Waals surface area contributed by atoms with Crippen molar-refractivity contribution in [1.29, 1.82) is 0 Å². The van der Waals surface area contributed by atoms with Crippen molar-refractivity contribution in [2.24, 2.45) is 0 Å². The first kappa shape index (κ1) is 13.6. The molecule has 3 rings (SSSR count). The van der Waals surface area contributed by atoms with E-state index in [-0.39, 0.29) is 17.6 Å². The zero-order chi connectivity index (χ0) is 15.0. The van der Waals surface area contributed by atoms with E-state index in [1.807, 2.05) is 4.57 Å². The van der Waals surface area contributed by atoms with Crippen molar-refractivity contribution in [1.82, 2.24) is 14.9 Å². The number of nitrogens with one attached hydrogen (secondary N) is 1. The van der Waals surface area contributed by atoms with Crippen LogP contribution in [0.3, 0.4) is 0 Å². The molecule has 3 N–H and O–H groups in total. The number of hydrogen-bond acceptors (Lipinski definition) is 3. The molecule has 0 fully saturated rings. The average molecular weight is 288 g/mol. The molecule has 1 aliphatic heterocycles. The van der Waals surface area contributed by atoms with E-state index in [9.17, 15) is 9.18 Å². The van der Waals surface area contributed by atoms with Crippen LogP contribution < -0.4 is 11.1 Å². The molecule has 0 radical (unpaired) electrons. The van der Waals surface area contributed by atoms with Gasteiger partial charge in [0.15, 0.2) is 0 Å². The lowest BCUT2D eigenvalue weighted by molar-refractivity contribution is 0.0957. The number of amides is 1. The number of rotatable bonds is 2. The zero-order valence-corrected chi connectivity index (χ0v) is 11.8. The summed E-state index contributed by atoms with van der Waals surface area (Å²) in [7, 11) is 1.59. The van der Waals surface area contributed by atoms with E-state index in [1.54, 1.807) is 25.5 Å². The van der Waals surface area contributed by atoms with Crippen LogP contribution in [0.15, 0.2) is 24.5 Å². The number of carbonyl (C=O) groups excluding carboxylic acids is 1. The molecule has 5 nitrogen and oxygen atoms in total. The minimum Gasteiger partial charge on any atom is -0.399 e. The lowest BCUT2D eigenvalue weighted by Gasteiger charge is -2.25. The van der Waals surface area contributed by atoms with Gasteiger partial charge in [0, 0.05) is 25.2 Å². The van der Waals surface area contributed by atoms with Crippen LogP contribution in [0.4, 0.5) is 10.1 Å². The Morgan fingerprint density at radius 3 is 3.10 bits per heavy atom. The Balaban J connectivity index is 1.90. The molecule has 0 aliphatic carbocycles. The maximum Gasteiger partial charge on any atom is 0.271 e. The number of fused-ring (bicyclic) bond motifs is 1. The summed E-state index contributed by atoms with van der Waals surface area (Å²) in [6, 6.07) is 4.67. The molecule has 1 aliphatic rings. The highest BCUT2D eigenvalue weighted by molar-refractivity contribution is 5.93. The van der Waals surface area contributed by atoms with Crippen molar-refractivity contribution in [2.45, 2.75) is 25.3 Å². The van der Waals surface area contributed by atoms with Crippen LogP contribution in [0.25, 0.3) is 0 Å². The van der Waals surface area contributed by atoms with Crippen LogP contribution in [-0.4, -0.2) is 22.5 Å². The summed E-state index contributed by atoms with van der Waals surface area (Å²) >= 11 is 0. The van der Waals surface area contributed by atoms with E-state index < -0.39 is 0 Å². The molecule has 0 spiro atoms. The van der Waals surface area contributed by atoms with Gasteiger partial charge in [-0.25, -0.2) is 9.37 Å². The van der Waals surface area contributed by atoms with Gasteiger partial charge in [-0.2, -0.15) is 0 Å². The van der Waals surface area contributed by atoms with Gasteiger partial charge in [0.05, 0.1) is 12.0 Å². The van der Waals surface area contributed by atoms with Crippen LogP contribution in [-0.2, 0) is 13.0 Å². The number of aromatic nitrogens is 2. The number of hydrogen-bond donors (Lipinski definition) is 2. The maximum absolute atomic E-state index is 14.0. The van der Waals surface area contributed by atoms with Crippen LogP contribution in [0, 0.1) is 5.82 Å². The van der Waals surface area contributed by atoms with E-state index in [4.69, 9.17) is 5.73 Å². The first-order valence-electron chi connectivity index (χ1n) is 6.91. The number of anilines is 1. The number of carbonyl (C=O) groups is 1. The van der Waals surface area contributed by atoms with Crippen molar-refractivity contribution in [2.75, 3.05) is 12.8 Å². The van der Waals surface area contributed by atoms with Crippen LogP contribution in [0.5, 0.6) is 0 Å². The number of nitrogens with zero attached hydrogens (tertiary/aromatic N) is 2. The first-order chi connectivity index (χ1) is 10.1. The van der Waals surface area contributed by atoms with Gasteiger partial charge >= 0.3 is 0 Å². The number of nitrogen functional groups attached to an aromatic ring is 1. The van der Waals surface area contributed by atoms with Crippen LogP contribution in [0.2, 0.25) is 0 Å². The number of imidazole rings is 1. The fourth-order valence-corrected chi connectivity index (χ4v) is 2.90. The van der Waals surface area contributed by atoms with Crippen molar-refractivity contribution in [3.8, 4) is 0 Å². The molecule has 0 bridgehead atoms. The fraction of sp³-hybridized carbons (Fsp3) is 0.333. The summed E-state index contributed by atoms with van der Waals surface area (Å²) in [6.45, 7) is 0.611. The van der Waals surface area contributed by atoms with E-state index in [0.29, 0.717) is 29.9 Å². The summed E-state index contributed by atoms with van der Waals surface area (Å²) in [5.74, 6) is -0.366. The molecule has 2 aromatic rings. The summed E-state index contributed by atoms with van der Waals surface area (Å²) in [6.07, 6.45) is 3.12. The van der Waals surface area contributed by atoms with Crippen LogP contribution >= 0.6 is 0 Å². The minimum atomic E-state index is -0.232. The largest absolute Gasteiger partial charge is 0.399 e. The smallest absolute Gasteiger partial charge is 0.271 e. The van der Waals surface area contributed by atoms with Gasteiger partial charge in [0.25, 0.3) is 5.91 Å². The second-order valence-corrected chi connectivity index (χ2v) is 5.29. The fourth-order valence-electron chi connectivity index (χ4n) is 2.90. The molecule has 1 atom stereocenters. The predicted octanol–water partition coefficient (Wildman–Crippen LogP) is 1.69.